The summed E-state index contributed by atoms with van der Waals surface area (Å²) >= 11 is 3.22. The van der Waals surface area contributed by atoms with E-state index >= 15 is 0 Å². The topological polar surface area (TPSA) is 105 Å². The average Bonchev–Trinajstić information content (AvgIpc) is 2.34. The van der Waals surface area contributed by atoms with Gasteiger partial charge >= 0.3 is 0 Å². The van der Waals surface area contributed by atoms with E-state index in [1.54, 1.807) is 6.07 Å². The lowest BCUT2D eigenvalue weighted by Gasteiger charge is -2.18. The number of halogens is 1. The Kier molecular flexibility index (Phi) is 5.27. The Morgan fingerprint density at radius 2 is 2.21 bits per heavy atom. The fourth-order valence-corrected chi connectivity index (χ4v) is 2.26. The van der Waals surface area contributed by atoms with Crippen LogP contribution in [0.5, 0.6) is 0 Å². The van der Waals surface area contributed by atoms with Crippen molar-refractivity contribution in [2.45, 2.75) is 0 Å². The van der Waals surface area contributed by atoms with Gasteiger partial charge in [0.25, 0.3) is 5.91 Å². The third kappa shape index (κ3) is 4.77. The van der Waals surface area contributed by atoms with E-state index in [1.807, 2.05) is 0 Å². The molecule has 9 heteroatoms. The number of sulfone groups is 1. The normalized spacial score (nSPS) is 11.2. The quantitative estimate of drug-likeness (QED) is 0.582. The average molecular weight is 351 g/mol. The fourth-order valence-electron chi connectivity index (χ4n) is 1.33. The molecular weight excluding hydrogens is 336 g/mol. The zero-order valence-electron chi connectivity index (χ0n) is 10.6. The zero-order chi connectivity index (χ0) is 14.6. The Bertz CT molecular complexity index is 576. The van der Waals surface area contributed by atoms with Crippen LogP contribution in [0.2, 0.25) is 0 Å². The monoisotopic (exact) mass is 350 g/mol. The maximum absolute atomic E-state index is 12.2. The zero-order valence-corrected chi connectivity index (χ0v) is 13.0. The summed E-state index contributed by atoms with van der Waals surface area (Å²) in [7, 11) is -1.60. The molecule has 0 aliphatic carbocycles. The molecule has 0 bridgehead atoms. The summed E-state index contributed by atoms with van der Waals surface area (Å²) in [6, 6.07) is 1.57. The molecule has 3 N–H and O–H groups in total. The molecule has 0 aliphatic heterocycles. The molecule has 0 aromatic carbocycles. The molecule has 0 saturated heterocycles. The minimum Gasteiger partial charge on any atom is -0.341 e. The second-order valence-electron chi connectivity index (χ2n) is 4.05. The molecule has 1 rings (SSSR count). The van der Waals surface area contributed by atoms with Crippen molar-refractivity contribution in [1.29, 1.82) is 0 Å². The fraction of sp³-hybridized carbons (Fsp3) is 0.400. The largest absolute Gasteiger partial charge is 0.341 e. The molecule has 0 atom stereocenters. The van der Waals surface area contributed by atoms with E-state index in [-0.39, 0.29) is 29.6 Å². The second-order valence-corrected chi connectivity index (χ2v) is 7.23. The van der Waals surface area contributed by atoms with Crippen LogP contribution < -0.4 is 11.3 Å². The first-order valence-corrected chi connectivity index (χ1v) is 8.15. The van der Waals surface area contributed by atoms with Gasteiger partial charge in [0.1, 0.15) is 9.84 Å². The first-order valence-electron chi connectivity index (χ1n) is 5.30. The highest BCUT2D eigenvalue weighted by Gasteiger charge is 2.18. The number of carbonyl (C=O) groups is 1. The number of nitrogens with zero attached hydrogens (tertiary/aromatic N) is 2. The molecule has 0 aliphatic rings. The highest BCUT2D eigenvalue weighted by molar-refractivity contribution is 9.10. The maximum Gasteiger partial charge on any atom is 0.257 e. The van der Waals surface area contributed by atoms with Crippen molar-refractivity contribution in [3.63, 3.8) is 0 Å². The van der Waals surface area contributed by atoms with Gasteiger partial charge in [-0.3, -0.25) is 4.79 Å². The summed E-state index contributed by atoms with van der Waals surface area (Å²) in [4.78, 5) is 17.4. The summed E-state index contributed by atoms with van der Waals surface area (Å²) in [6.45, 7) is 0.105. The molecule has 1 amide bonds. The molecule has 1 heterocycles. The molecule has 1 aromatic rings. The molecule has 7 nitrogen and oxygen atoms in total. The highest BCUT2D eigenvalue weighted by Crippen LogP contribution is 2.18. The number of anilines is 1. The van der Waals surface area contributed by atoms with Crippen LogP contribution in [0.25, 0.3) is 0 Å². The Hall–Kier alpha value is -1.19. The highest BCUT2D eigenvalue weighted by atomic mass is 79.9. The van der Waals surface area contributed by atoms with Crippen molar-refractivity contribution in [2.75, 3.05) is 31.0 Å². The lowest BCUT2D eigenvalue weighted by atomic mass is 10.2. The number of pyridine rings is 1. The number of rotatable bonds is 5. The standard InChI is InChI=1S/C10H15BrN4O3S/c1-15(3-4-19(2,17)18)10(16)8-5-7(11)6-13-9(8)14-12/h5-6H,3-4,12H2,1-2H3,(H,13,14). The van der Waals surface area contributed by atoms with Crippen LogP contribution in [0.4, 0.5) is 5.82 Å². The minimum atomic E-state index is -3.12. The van der Waals surface area contributed by atoms with Crippen molar-refractivity contribution in [1.82, 2.24) is 9.88 Å². The molecule has 106 valence electrons. The van der Waals surface area contributed by atoms with Gasteiger partial charge in [-0.1, -0.05) is 0 Å². The van der Waals surface area contributed by atoms with Crippen LogP contribution in [0, 0.1) is 0 Å². The molecule has 0 spiro atoms. The maximum atomic E-state index is 12.2. The Morgan fingerprint density at radius 3 is 2.74 bits per heavy atom. The SMILES string of the molecule is CN(CCS(C)(=O)=O)C(=O)c1cc(Br)cnc1NN. The van der Waals surface area contributed by atoms with E-state index in [2.05, 4.69) is 26.3 Å². The predicted molar refractivity (Wildman–Crippen MR) is 76.4 cm³/mol. The third-order valence-corrected chi connectivity index (χ3v) is 3.72. The van der Waals surface area contributed by atoms with Gasteiger partial charge in [0, 0.05) is 30.5 Å². The van der Waals surface area contributed by atoms with Gasteiger partial charge in [-0.15, -0.1) is 0 Å². The van der Waals surface area contributed by atoms with Crippen molar-refractivity contribution >= 4 is 37.5 Å². The van der Waals surface area contributed by atoms with Gasteiger partial charge in [-0.25, -0.2) is 19.2 Å². The minimum absolute atomic E-state index is 0.0952. The van der Waals surface area contributed by atoms with Gasteiger partial charge in [-0.05, 0) is 22.0 Å². The van der Waals surface area contributed by atoms with Crippen molar-refractivity contribution < 1.29 is 13.2 Å². The molecule has 0 saturated carbocycles. The van der Waals surface area contributed by atoms with Crippen molar-refractivity contribution in [3.05, 3.63) is 22.3 Å². The number of nitrogens with one attached hydrogen (secondary N) is 1. The van der Waals surface area contributed by atoms with E-state index in [0.717, 1.165) is 6.26 Å². The number of carbonyl (C=O) groups excluding carboxylic acids is 1. The van der Waals surface area contributed by atoms with Crippen LogP contribution in [-0.2, 0) is 9.84 Å². The Balaban J connectivity index is 2.90. The molecule has 0 fully saturated rings. The summed E-state index contributed by atoms with van der Waals surface area (Å²) < 4.78 is 22.8. The van der Waals surface area contributed by atoms with Crippen LogP contribution in [-0.4, -0.2) is 49.8 Å². The summed E-state index contributed by atoms with van der Waals surface area (Å²) in [5.41, 5.74) is 2.60. The van der Waals surface area contributed by atoms with Crippen LogP contribution in [0.3, 0.4) is 0 Å². The number of amides is 1. The molecule has 0 radical (unpaired) electrons. The first-order chi connectivity index (χ1) is 8.74. The smallest absolute Gasteiger partial charge is 0.257 e. The summed E-state index contributed by atoms with van der Waals surface area (Å²) in [5, 5.41) is 0. The van der Waals surface area contributed by atoms with E-state index < -0.39 is 9.84 Å². The van der Waals surface area contributed by atoms with E-state index in [4.69, 9.17) is 5.84 Å². The van der Waals surface area contributed by atoms with E-state index in [1.165, 1.54) is 18.1 Å². The summed E-state index contributed by atoms with van der Waals surface area (Å²) in [5.74, 6) is 5.07. The molecule has 1 aromatic heterocycles. The van der Waals surface area contributed by atoms with Crippen molar-refractivity contribution in [2.24, 2.45) is 5.84 Å². The molecule has 19 heavy (non-hydrogen) atoms. The van der Waals surface area contributed by atoms with Crippen LogP contribution >= 0.6 is 15.9 Å². The van der Waals surface area contributed by atoms with Gasteiger partial charge in [0.15, 0.2) is 5.82 Å². The first kappa shape index (κ1) is 15.9. The lowest BCUT2D eigenvalue weighted by molar-refractivity contribution is 0.0804. The number of aromatic nitrogens is 1. The molecule has 0 unspecified atom stereocenters. The van der Waals surface area contributed by atoms with E-state index in [9.17, 15) is 13.2 Å². The predicted octanol–water partition coefficient (Wildman–Crippen LogP) is 0.246. The Labute approximate surface area is 120 Å². The van der Waals surface area contributed by atoms with Gasteiger partial charge in [-0.2, -0.15) is 0 Å². The van der Waals surface area contributed by atoms with Crippen molar-refractivity contribution in [3.8, 4) is 0 Å². The number of hydrogen-bond acceptors (Lipinski definition) is 6. The second kappa shape index (κ2) is 6.31. The molecular formula is C10H15BrN4O3S. The van der Waals surface area contributed by atoms with Crippen LogP contribution in [0.15, 0.2) is 16.7 Å². The summed E-state index contributed by atoms with van der Waals surface area (Å²) in [6.07, 6.45) is 2.63. The Morgan fingerprint density at radius 1 is 1.58 bits per heavy atom. The van der Waals surface area contributed by atoms with E-state index in [0.29, 0.717) is 4.47 Å². The lowest BCUT2D eigenvalue weighted by Crippen LogP contribution is -2.32. The number of hydrogen-bond donors (Lipinski definition) is 2. The van der Waals surface area contributed by atoms with Gasteiger partial charge in [0.2, 0.25) is 0 Å². The van der Waals surface area contributed by atoms with Crippen LogP contribution in [0.1, 0.15) is 10.4 Å². The third-order valence-electron chi connectivity index (χ3n) is 2.37. The van der Waals surface area contributed by atoms with Gasteiger partial charge in [0.05, 0.1) is 11.3 Å². The number of hydrazine groups is 1. The van der Waals surface area contributed by atoms with Gasteiger partial charge < -0.3 is 10.3 Å². The number of nitrogen functional groups attached to an aromatic ring is 1. The number of nitrogens with two attached hydrogens (primary N) is 1.